The van der Waals surface area contributed by atoms with Crippen molar-refractivity contribution in [1.29, 1.82) is 0 Å². The van der Waals surface area contributed by atoms with E-state index in [1.165, 1.54) is 41.7 Å². The third-order valence-corrected chi connectivity index (χ3v) is 7.58. The topological polar surface area (TPSA) is 37.0 Å². The van der Waals surface area contributed by atoms with E-state index < -0.39 is 12.6 Å². The van der Waals surface area contributed by atoms with Gasteiger partial charge in [0.05, 0.1) is 22.8 Å². The summed E-state index contributed by atoms with van der Waals surface area (Å²) >= 11 is 7.89. The first-order valence-electron chi connectivity index (χ1n) is 11.7. The Morgan fingerprint density at radius 3 is 2.56 bits per heavy atom. The quantitative estimate of drug-likeness (QED) is 0.301. The van der Waals surface area contributed by atoms with E-state index in [0.29, 0.717) is 11.7 Å². The zero-order chi connectivity index (χ0) is 24.1. The summed E-state index contributed by atoms with van der Waals surface area (Å²) in [5.74, 6) is 0.776. The SMILES string of the molecule is CCC1CCc2ccc(Cl)c(NCc3ccc(-c4csc(NCCC(F)(F)F)n4)cc3)c2CC1. The van der Waals surface area contributed by atoms with Gasteiger partial charge in [-0.25, -0.2) is 4.98 Å². The molecule has 1 atom stereocenters. The molecule has 34 heavy (non-hydrogen) atoms. The van der Waals surface area contributed by atoms with Crippen LogP contribution in [0.15, 0.2) is 41.8 Å². The van der Waals surface area contributed by atoms with Gasteiger partial charge in [-0.05, 0) is 54.4 Å². The summed E-state index contributed by atoms with van der Waals surface area (Å²) in [5.41, 5.74) is 6.61. The average Bonchev–Trinajstić information content (AvgIpc) is 3.17. The molecule has 1 aliphatic rings. The predicted octanol–water partition coefficient (Wildman–Crippen LogP) is 8.34. The lowest BCUT2D eigenvalue weighted by Crippen LogP contribution is -2.14. The standard InChI is InChI=1S/C26H29ClF3N3S/c1-2-17-3-7-19-10-12-22(27)24(21(19)11-6-17)32-15-18-4-8-20(9-5-18)23-16-34-25(33-23)31-14-13-26(28,29)30/h4-5,8-10,12,16-17,32H,2-3,6-7,11,13-15H2,1H3,(H,31,33). The highest BCUT2D eigenvalue weighted by Gasteiger charge is 2.26. The van der Waals surface area contributed by atoms with E-state index in [1.54, 1.807) is 0 Å². The van der Waals surface area contributed by atoms with Gasteiger partial charge >= 0.3 is 6.18 Å². The Bertz CT molecular complexity index is 1100. The van der Waals surface area contributed by atoms with Crippen LogP contribution >= 0.6 is 22.9 Å². The van der Waals surface area contributed by atoms with Crippen molar-refractivity contribution in [3.63, 3.8) is 0 Å². The van der Waals surface area contributed by atoms with Crippen LogP contribution in [-0.4, -0.2) is 17.7 Å². The second-order valence-electron chi connectivity index (χ2n) is 8.79. The third-order valence-electron chi connectivity index (χ3n) is 6.47. The molecule has 0 radical (unpaired) electrons. The van der Waals surface area contributed by atoms with Crippen LogP contribution in [-0.2, 0) is 19.4 Å². The lowest BCUT2D eigenvalue weighted by atomic mass is 9.97. The number of anilines is 2. The molecule has 4 rings (SSSR count). The molecule has 3 aromatic rings. The third kappa shape index (κ3) is 6.45. The smallest absolute Gasteiger partial charge is 0.380 e. The molecule has 0 bridgehead atoms. The van der Waals surface area contributed by atoms with Crippen molar-refractivity contribution < 1.29 is 13.2 Å². The lowest BCUT2D eigenvalue weighted by Gasteiger charge is -2.16. The lowest BCUT2D eigenvalue weighted by molar-refractivity contribution is -0.131. The number of aromatic nitrogens is 1. The van der Waals surface area contributed by atoms with E-state index in [9.17, 15) is 13.2 Å². The van der Waals surface area contributed by atoms with E-state index in [0.717, 1.165) is 46.3 Å². The zero-order valence-electron chi connectivity index (χ0n) is 19.1. The first-order valence-corrected chi connectivity index (χ1v) is 13.0. The molecule has 0 saturated heterocycles. The van der Waals surface area contributed by atoms with Gasteiger partial charge in [0.2, 0.25) is 0 Å². The number of benzene rings is 2. The van der Waals surface area contributed by atoms with Gasteiger partial charge in [-0.15, -0.1) is 11.3 Å². The largest absolute Gasteiger partial charge is 0.390 e. The highest BCUT2D eigenvalue weighted by atomic mass is 35.5. The molecule has 1 unspecified atom stereocenters. The maximum atomic E-state index is 12.3. The van der Waals surface area contributed by atoms with Crippen LogP contribution in [0.25, 0.3) is 11.3 Å². The molecule has 1 aliphatic carbocycles. The number of nitrogens with zero attached hydrogens (tertiary/aromatic N) is 1. The number of aryl methyl sites for hydroxylation is 1. The van der Waals surface area contributed by atoms with Crippen molar-refractivity contribution in [2.75, 3.05) is 17.2 Å². The Morgan fingerprint density at radius 2 is 1.82 bits per heavy atom. The summed E-state index contributed by atoms with van der Waals surface area (Å²) in [5, 5.41) is 9.43. The number of hydrogen-bond donors (Lipinski definition) is 2. The molecule has 0 fully saturated rings. The minimum atomic E-state index is -4.17. The highest BCUT2D eigenvalue weighted by molar-refractivity contribution is 7.14. The molecule has 2 aromatic carbocycles. The molecule has 3 nitrogen and oxygen atoms in total. The van der Waals surface area contributed by atoms with Crippen molar-refractivity contribution in [3.05, 3.63) is 63.5 Å². The van der Waals surface area contributed by atoms with E-state index in [4.69, 9.17) is 11.6 Å². The molecule has 0 amide bonds. The van der Waals surface area contributed by atoms with Gasteiger partial charge in [-0.3, -0.25) is 0 Å². The number of thiazole rings is 1. The van der Waals surface area contributed by atoms with Crippen molar-refractivity contribution in [2.45, 2.75) is 58.2 Å². The van der Waals surface area contributed by atoms with Gasteiger partial charge in [0.15, 0.2) is 5.13 Å². The molecular formula is C26H29ClF3N3S. The second-order valence-corrected chi connectivity index (χ2v) is 10.1. The van der Waals surface area contributed by atoms with Gasteiger partial charge in [0.25, 0.3) is 0 Å². The van der Waals surface area contributed by atoms with Crippen LogP contribution < -0.4 is 10.6 Å². The minimum absolute atomic E-state index is 0.175. The Balaban J connectivity index is 1.38. The summed E-state index contributed by atoms with van der Waals surface area (Å²) in [6.45, 7) is 2.76. The molecule has 0 aliphatic heterocycles. The van der Waals surface area contributed by atoms with Gasteiger partial charge < -0.3 is 10.6 Å². The van der Waals surface area contributed by atoms with Crippen LogP contribution in [0.1, 0.15) is 49.3 Å². The maximum absolute atomic E-state index is 12.3. The van der Waals surface area contributed by atoms with Crippen molar-refractivity contribution in [1.82, 2.24) is 4.98 Å². The van der Waals surface area contributed by atoms with Crippen molar-refractivity contribution in [2.24, 2.45) is 5.92 Å². The van der Waals surface area contributed by atoms with Crippen LogP contribution in [0.4, 0.5) is 24.0 Å². The Labute approximate surface area is 207 Å². The van der Waals surface area contributed by atoms with Gasteiger partial charge in [0, 0.05) is 24.0 Å². The fourth-order valence-corrected chi connectivity index (χ4v) is 5.41. The molecule has 2 N–H and O–H groups in total. The van der Waals surface area contributed by atoms with E-state index >= 15 is 0 Å². The zero-order valence-corrected chi connectivity index (χ0v) is 20.7. The van der Waals surface area contributed by atoms with E-state index in [-0.39, 0.29) is 6.54 Å². The summed E-state index contributed by atoms with van der Waals surface area (Å²) in [7, 11) is 0. The first-order chi connectivity index (χ1) is 16.3. The van der Waals surface area contributed by atoms with Gasteiger partial charge in [-0.1, -0.05) is 55.3 Å². The number of nitrogens with one attached hydrogen (secondary N) is 2. The molecule has 8 heteroatoms. The summed E-state index contributed by atoms with van der Waals surface area (Å²) in [6, 6.07) is 12.2. The first kappa shape index (κ1) is 24.9. The number of halogens is 4. The van der Waals surface area contributed by atoms with Crippen LogP contribution in [0.5, 0.6) is 0 Å². The second kappa shape index (κ2) is 11.0. The monoisotopic (exact) mass is 507 g/mol. The molecular weight excluding hydrogens is 479 g/mol. The maximum Gasteiger partial charge on any atom is 0.390 e. The van der Waals surface area contributed by atoms with E-state index in [1.807, 2.05) is 35.7 Å². The Kier molecular flexibility index (Phi) is 8.04. The molecule has 1 aromatic heterocycles. The highest BCUT2D eigenvalue weighted by Crippen LogP contribution is 2.36. The van der Waals surface area contributed by atoms with Crippen LogP contribution in [0.3, 0.4) is 0 Å². The summed E-state index contributed by atoms with van der Waals surface area (Å²) in [4.78, 5) is 4.41. The fraction of sp³-hybridized carbons (Fsp3) is 0.423. The predicted molar refractivity (Wildman–Crippen MR) is 136 cm³/mol. The van der Waals surface area contributed by atoms with Crippen molar-refractivity contribution in [3.8, 4) is 11.3 Å². The van der Waals surface area contributed by atoms with E-state index in [2.05, 4.69) is 28.6 Å². The van der Waals surface area contributed by atoms with Crippen LogP contribution in [0, 0.1) is 5.92 Å². The van der Waals surface area contributed by atoms with Crippen molar-refractivity contribution >= 4 is 33.8 Å². The normalized spacial score (nSPS) is 16.1. The summed E-state index contributed by atoms with van der Waals surface area (Å²) < 4.78 is 37.0. The van der Waals surface area contributed by atoms with Crippen LogP contribution in [0.2, 0.25) is 5.02 Å². The number of alkyl halides is 3. The Hall–Kier alpha value is -2.25. The molecule has 1 heterocycles. The Morgan fingerprint density at radius 1 is 1.06 bits per heavy atom. The van der Waals surface area contributed by atoms with Gasteiger partial charge in [0.1, 0.15) is 0 Å². The number of hydrogen-bond acceptors (Lipinski definition) is 4. The fourth-order valence-electron chi connectivity index (χ4n) is 4.42. The molecule has 0 saturated carbocycles. The molecule has 182 valence electrons. The number of rotatable bonds is 8. The van der Waals surface area contributed by atoms with Gasteiger partial charge in [-0.2, -0.15) is 13.2 Å². The summed E-state index contributed by atoms with van der Waals surface area (Å²) in [6.07, 6.45) is 0.778. The molecule has 0 spiro atoms. The minimum Gasteiger partial charge on any atom is -0.380 e. The number of fused-ring (bicyclic) bond motifs is 1. The average molecular weight is 508 g/mol.